The lowest BCUT2D eigenvalue weighted by atomic mass is 10.0. The number of pyridine rings is 1. The summed E-state index contributed by atoms with van der Waals surface area (Å²) in [5, 5.41) is 0. The van der Waals surface area contributed by atoms with E-state index in [-0.39, 0.29) is 22.3 Å². The van der Waals surface area contributed by atoms with Gasteiger partial charge in [-0.2, -0.15) is 13.2 Å². The van der Waals surface area contributed by atoms with Crippen molar-refractivity contribution < 1.29 is 27.2 Å². The third-order valence-corrected chi connectivity index (χ3v) is 3.89. The average molecular weight is 349 g/mol. The highest BCUT2D eigenvalue weighted by Crippen LogP contribution is 2.31. The standard InChI is InChI=1S/C18H11F4NO2/c1-10-14(17(25)18(20,21)22)13-4-2-3-9-23(13)15(10)16(24)11-5-7-12(19)8-6-11/h2-9H,1H3. The molecule has 3 aromatic rings. The molecule has 0 aliphatic carbocycles. The number of rotatable bonds is 3. The number of carbonyl (C=O) groups excluding carboxylic acids is 2. The Morgan fingerprint density at radius 3 is 2.24 bits per heavy atom. The highest BCUT2D eigenvalue weighted by molar-refractivity contribution is 6.15. The number of hydrogen-bond acceptors (Lipinski definition) is 2. The number of hydrogen-bond donors (Lipinski definition) is 0. The summed E-state index contributed by atoms with van der Waals surface area (Å²) in [4.78, 5) is 24.6. The Bertz CT molecular complexity index is 985. The molecule has 0 unspecified atom stereocenters. The third-order valence-electron chi connectivity index (χ3n) is 3.89. The fraction of sp³-hybridized carbons (Fsp3) is 0.111. The molecular formula is C18H11F4NO2. The number of halogens is 4. The van der Waals surface area contributed by atoms with Gasteiger partial charge in [0.1, 0.15) is 5.82 Å². The summed E-state index contributed by atoms with van der Waals surface area (Å²) in [5.41, 5.74) is -0.581. The van der Waals surface area contributed by atoms with Gasteiger partial charge >= 0.3 is 6.18 Å². The molecule has 3 rings (SSSR count). The minimum atomic E-state index is -5.06. The zero-order valence-electron chi connectivity index (χ0n) is 12.9. The van der Waals surface area contributed by atoms with E-state index < -0.39 is 29.1 Å². The van der Waals surface area contributed by atoms with Crippen molar-refractivity contribution in [1.82, 2.24) is 4.40 Å². The molecule has 25 heavy (non-hydrogen) atoms. The molecule has 0 amide bonds. The van der Waals surface area contributed by atoms with Crippen LogP contribution in [0.1, 0.15) is 32.0 Å². The first-order chi connectivity index (χ1) is 11.7. The Labute approximate surface area is 139 Å². The highest BCUT2D eigenvalue weighted by atomic mass is 19.4. The van der Waals surface area contributed by atoms with Gasteiger partial charge in [0.05, 0.1) is 16.8 Å². The van der Waals surface area contributed by atoms with Crippen molar-refractivity contribution in [1.29, 1.82) is 0 Å². The maximum atomic E-state index is 13.0. The number of carbonyl (C=O) groups is 2. The molecule has 0 atom stereocenters. The van der Waals surface area contributed by atoms with E-state index in [0.717, 1.165) is 12.1 Å². The van der Waals surface area contributed by atoms with Gasteiger partial charge in [0.15, 0.2) is 0 Å². The van der Waals surface area contributed by atoms with E-state index in [1.54, 1.807) is 0 Å². The van der Waals surface area contributed by atoms with Gasteiger partial charge in [-0.05, 0) is 48.9 Å². The van der Waals surface area contributed by atoms with Crippen molar-refractivity contribution >= 4 is 17.1 Å². The third kappa shape index (κ3) is 2.82. The van der Waals surface area contributed by atoms with Gasteiger partial charge in [-0.1, -0.05) is 6.07 Å². The largest absolute Gasteiger partial charge is 0.454 e. The molecule has 0 N–H and O–H groups in total. The summed E-state index contributed by atoms with van der Waals surface area (Å²) in [6.07, 6.45) is -3.65. The molecule has 0 spiro atoms. The van der Waals surface area contributed by atoms with Crippen LogP contribution in [0.15, 0.2) is 48.7 Å². The van der Waals surface area contributed by atoms with Crippen LogP contribution >= 0.6 is 0 Å². The molecule has 0 saturated carbocycles. The van der Waals surface area contributed by atoms with Crippen LogP contribution in [0.5, 0.6) is 0 Å². The van der Waals surface area contributed by atoms with Crippen molar-refractivity contribution in [3.8, 4) is 0 Å². The van der Waals surface area contributed by atoms with E-state index in [0.29, 0.717) is 0 Å². The molecule has 2 heterocycles. The van der Waals surface area contributed by atoms with Gasteiger partial charge in [0.25, 0.3) is 5.78 Å². The Morgan fingerprint density at radius 1 is 1.00 bits per heavy atom. The quantitative estimate of drug-likeness (QED) is 0.520. The average Bonchev–Trinajstić information content (AvgIpc) is 2.85. The van der Waals surface area contributed by atoms with Crippen LogP contribution in [-0.4, -0.2) is 22.1 Å². The van der Waals surface area contributed by atoms with Crippen molar-refractivity contribution in [2.24, 2.45) is 0 Å². The summed E-state index contributed by atoms with van der Waals surface area (Å²) in [6, 6.07) is 9.01. The van der Waals surface area contributed by atoms with Gasteiger partial charge in [0, 0.05) is 11.8 Å². The maximum Gasteiger partial charge on any atom is 0.454 e. The molecule has 0 saturated heterocycles. The first-order valence-electron chi connectivity index (χ1n) is 7.23. The van der Waals surface area contributed by atoms with Crippen LogP contribution < -0.4 is 0 Å². The lowest BCUT2D eigenvalue weighted by molar-refractivity contribution is -0.0884. The van der Waals surface area contributed by atoms with E-state index in [4.69, 9.17) is 0 Å². The van der Waals surface area contributed by atoms with Crippen LogP contribution in [0.2, 0.25) is 0 Å². The Balaban J connectivity index is 2.26. The van der Waals surface area contributed by atoms with E-state index in [2.05, 4.69) is 0 Å². The topological polar surface area (TPSA) is 38.5 Å². The van der Waals surface area contributed by atoms with Crippen LogP contribution in [0, 0.1) is 12.7 Å². The molecule has 128 valence electrons. The number of nitrogens with zero attached hydrogens (tertiary/aromatic N) is 1. The minimum Gasteiger partial charge on any atom is -0.313 e. The van der Waals surface area contributed by atoms with Gasteiger partial charge in [0.2, 0.25) is 5.78 Å². The molecule has 0 radical (unpaired) electrons. The lowest BCUT2D eigenvalue weighted by Gasteiger charge is -2.05. The second-order valence-electron chi connectivity index (χ2n) is 5.47. The molecule has 7 heteroatoms. The molecule has 1 aromatic carbocycles. The first-order valence-corrected chi connectivity index (χ1v) is 7.23. The molecule has 3 nitrogen and oxygen atoms in total. The van der Waals surface area contributed by atoms with Gasteiger partial charge in [-0.3, -0.25) is 9.59 Å². The number of Topliss-reactive ketones (excluding diaryl/α,β-unsaturated/α-hetero) is 1. The second-order valence-corrected chi connectivity index (χ2v) is 5.47. The molecule has 0 aliphatic rings. The predicted octanol–water partition coefficient (Wildman–Crippen LogP) is 4.36. The van der Waals surface area contributed by atoms with Crippen molar-refractivity contribution in [2.75, 3.05) is 0 Å². The van der Waals surface area contributed by atoms with E-state index in [1.807, 2.05) is 0 Å². The van der Waals surface area contributed by atoms with Crippen molar-refractivity contribution in [3.63, 3.8) is 0 Å². The Morgan fingerprint density at radius 2 is 1.64 bits per heavy atom. The molecule has 0 bridgehead atoms. The van der Waals surface area contributed by atoms with Crippen LogP contribution in [0.4, 0.5) is 17.6 Å². The fourth-order valence-corrected chi connectivity index (χ4v) is 2.78. The molecule has 2 aromatic heterocycles. The van der Waals surface area contributed by atoms with E-state index in [1.165, 1.54) is 47.9 Å². The van der Waals surface area contributed by atoms with Gasteiger partial charge < -0.3 is 4.40 Å². The SMILES string of the molecule is Cc1c(C(=O)C(F)(F)F)c2ccccn2c1C(=O)c1ccc(F)cc1. The van der Waals surface area contributed by atoms with Crippen LogP contribution in [0.3, 0.4) is 0 Å². The summed E-state index contributed by atoms with van der Waals surface area (Å²) < 4.78 is 53.1. The summed E-state index contributed by atoms with van der Waals surface area (Å²) in [5.74, 6) is -3.15. The summed E-state index contributed by atoms with van der Waals surface area (Å²) in [6.45, 7) is 1.29. The number of benzene rings is 1. The molecule has 0 fully saturated rings. The zero-order valence-corrected chi connectivity index (χ0v) is 12.9. The fourth-order valence-electron chi connectivity index (χ4n) is 2.78. The van der Waals surface area contributed by atoms with Crippen LogP contribution in [-0.2, 0) is 0 Å². The molecular weight excluding hydrogens is 338 g/mol. The normalized spacial score (nSPS) is 11.7. The van der Waals surface area contributed by atoms with E-state index >= 15 is 0 Å². The number of fused-ring (bicyclic) bond motifs is 1. The second kappa shape index (κ2) is 5.84. The smallest absolute Gasteiger partial charge is 0.313 e. The minimum absolute atomic E-state index is 0.00668. The molecule has 0 aliphatic heterocycles. The monoisotopic (exact) mass is 349 g/mol. The zero-order chi connectivity index (χ0) is 18.4. The van der Waals surface area contributed by atoms with Crippen molar-refractivity contribution in [3.05, 3.63) is 76.9 Å². The van der Waals surface area contributed by atoms with Crippen LogP contribution in [0.25, 0.3) is 5.52 Å². The van der Waals surface area contributed by atoms with E-state index in [9.17, 15) is 27.2 Å². The van der Waals surface area contributed by atoms with Gasteiger partial charge in [-0.15, -0.1) is 0 Å². The maximum absolute atomic E-state index is 13.0. The summed E-state index contributed by atoms with van der Waals surface area (Å²) in [7, 11) is 0. The summed E-state index contributed by atoms with van der Waals surface area (Å²) >= 11 is 0. The Kier molecular flexibility index (Phi) is 3.94. The first kappa shape index (κ1) is 16.9. The lowest BCUT2D eigenvalue weighted by Crippen LogP contribution is -2.23. The predicted molar refractivity (Wildman–Crippen MR) is 82.4 cm³/mol. The Hall–Kier alpha value is -2.96. The van der Waals surface area contributed by atoms with Crippen molar-refractivity contribution in [2.45, 2.75) is 13.1 Å². The number of alkyl halides is 3. The van der Waals surface area contributed by atoms with Gasteiger partial charge in [-0.25, -0.2) is 4.39 Å². The highest BCUT2D eigenvalue weighted by Gasteiger charge is 2.42. The number of aromatic nitrogens is 1. The number of ketones is 2.